The number of aromatic nitrogens is 2. The lowest BCUT2D eigenvalue weighted by Gasteiger charge is -2.16. The quantitative estimate of drug-likeness (QED) is 0.688. The van der Waals surface area contributed by atoms with Crippen molar-refractivity contribution in [3.63, 3.8) is 0 Å². The first-order valence-corrected chi connectivity index (χ1v) is 9.39. The van der Waals surface area contributed by atoms with Crippen LogP contribution in [0.4, 0.5) is 5.69 Å². The van der Waals surface area contributed by atoms with Crippen LogP contribution in [0.3, 0.4) is 0 Å². The summed E-state index contributed by atoms with van der Waals surface area (Å²) in [6.45, 7) is 4.78. The summed E-state index contributed by atoms with van der Waals surface area (Å²) in [5.41, 5.74) is 4.56. The second kappa shape index (κ2) is 7.35. The van der Waals surface area contributed by atoms with E-state index < -0.39 is 0 Å². The molecular formula is C22H23N3O2. The third kappa shape index (κ3) is 3.77. The van der Waals surface area contributed by atoms with E-state index in [1.807, 2.05) is 17.0 Å². The van der Waals surface area contributed by atoms with Crippen LogP contribution in [0.15, 0.2) is 53.1 Å². The van der Waals surface area contributed by atoms with Gasteiger partial charge in [-0.15, -0.1) is 0 Å². The highest BCUT2D eigenvalue weighted by Gasteiger charge is 2.34. The summed E-state index contributed by atoms with van der Waals surface area (Å²) in [7, 11) is 0. The number of hydrogen-bond donors (Lipinski definition) is 0. The van der Waals surface area contributed by atoms with Crippen LogP contribution in [-0.2, 0) is 17.6 Å². The van der Waals surface area contributed by atoms with Crippen LogP contribution in [0.1, 0.15) is 47.7 Å². The number of carbonyl (C=O) groups excluding carboxylic acids is 1. The number of rotatable bonds is 5. The largest absolute Gasteiger partial charge is 0.339 e. The van der Waals surface area contributed by atoms with Crippen molar-refractivity contribution in [2.24, 2.45) is 0 Å². The molecule has 5 nitrogen and oxygen atoms in total. The normalized spacial score (nSPS) is 16.9. The lowest BCUT2D eigenvalue weighted by Crippen LogP contribution is -2.24. The third-order valence-electron chi connectivity index (χ3n) is 5.11. The van der Waals surface area contributed by atoms with Gasteiger partial charge in [-0.1, -0.05) is 54.0 Å². The third-order valence-corrected chi connectivity index (χ3v) is 5.11. The van der Waals surface area contributed by atoms with Gasteiger partial charge in [0.1, 0.15) is 0 Å². The van der Waals surface area contributed by atoms with E-state index in [4.69, 9.17) is 4.52 Å². The van der Waals surface area contributed by atoms with Gasteiger partial charge in [-0.3, -0.25) is 4.79 Å². The van der Waals surface area contributed by atoms with Crippen LogP contribution >= 0.6 is 0 Å². The Morgan fingerprint density at radius 2 is 1.78 bits per heavy atom. The molecule has 0 bridgehead atoms. The molecule has 1 atom stereocenters. The SMILES string of the molecule is CCc1ccc(N2C[C@H](c3noc(Cc4ccc(C)cc4)n3)CC2=O)cc1. The number of anilines is 1. The standard InChI is InChI=1S/C22H23N3O2/c1-3-16-8-10-19(11-9-16)25-14-18(13-21(25)26)22-23-20(27-24-22)12-17-6-4-15(2)5-7-17/h4-11,18H,3,12-14H2,1-2H3/t18-/m1/s1. The predicted octanol–water partition coefficient (Wildman–Crippen LogP) is 4.05. The number of aryl methyl sites for hydroxylation is 2. The van der Waals surface area contributed by atoms with Gasteiger partial charge in [0.15, 0.2) is 5.82 Å². The van der Waals surface area contributed by atoms with Gasteiger partial charge in [0.25, 0.3) is 0 Å². The molecule has 0 aliphatic carbocycles. The number of nitrogens with zero attached hydrogens (tertiary/aromatic N) is 3. The molecule has 0 N–H and O–H groups in total. The molecule has 0 spiro atoms. The molecule has 1 saturated heterocycles. The zero-order valence-electron chi connectivity index (χ0n) is 15.7. The summed E-state index contributed by atoms with van der Waals surface area (Å²) >= 11 is 0. The average Bonchev–Trinajstić information content (AvgIpc) is 3.30. The molecule has 27 heavy (non-hydrogen) atoms. The lowest BCUT2D eigenvalue weighted by molar-refractivity contribution is -0.117. The molecule has 138 valence electrons. The van der Waals surface area contributed by atoms with Gasteiger partial charge < -0.3 is 9.42 Å². The van der Waals surface area contributed by atoms with Crippen LogP contribution in [0.2, 0.25) is 0 Å². The van der Waals surface area contributed by atoms with Crippen LogP contribution in [0.5, 0.6) is 0 Å². The zero-order chi connectivity index (χ0) is 18.8. The summed E-state index contributed by atoms with van der Waals surface area (Å²) in [6, 6.07) is 16.5. The van der Waals surface area contributed by atoms with E-state index in [0.717, 1.165) is 17.7 Å². The fraction of sp³-hybridized carbons (Fsp3) is 0.318. The number of amides is 1. The summed E-state index contributed by atoms with van der Waals surface area (Å²) in [4.78, 5) is 18.8. The maximum Gasteiger partial charge on any atom is 0.231 e. The Labute approximate surface area is 159 Å². The molecule has 1 amide bonds. The molecule has 1 aromatic heterocycles. The molecule has 3 aromatic rings. The molecule has 0 radical (unpaired) electrons. The zero-order valence-corrected chi connectivity index (χ0v) is 15.7. The topological polar surface area (TPSA) is 59.2 Å². The first-order valence-electron chi connectivity index (χ1n) is 9.39. The average molecular weight is 361 g/mol. The molecule has 1 aliphatic rings. The van der Waals surface area contributed by atoms with Crippen molar-refractivity contribution in [3.05, 3.63) is 76.9 Å². The number of hydrogen-bond acceptors (Lipinski definition) is 4. The van der Waals surface area contributed by atoms with Crippen molar-refractivity contribution < 1.29 is 9.32 Å². The lowest BCUT2D eigenvalue weighted by atomic mass is 10.1. The second-order valence-corrected chi connectivity index (χ2v) is 7.13. The molecule has 1 fully saturated rings. The van der Waals surface area contributed by atoms with Crippen LogP contribution in [-0.4, -0.2) is 22.6 Å². The maximum atomic E-state index is 12.5. The summed E-state index contributed by atoms with van der Waals surface area (Å²) in [6.07, 6.45) is 2.01. The van der Waals surface area contributed by atoms with E-state index >= 15 is 0 Å². The maximum absolute atomic E-state index is 12.5. The van der Waals surface area contributed by atoms with E-state index in [2.05, 4.69) is 60.4 Å². The Morgan fingerprint density at radius 1 is 1.07 bits per heavy atom. The Bertz CT molecular complexity index is 929. The van der Waals surface area contributed by atoms with Gasteiger partial charge >= 0.3 is 0 Å². The van der Waals surface area contributed by atoms with E-state index in [-0.39, 0.29) is 11.8 Å². The van der Waals surface area contributed by atoms with Crippen molar-refractivity contribution >= 4 is 11.6 Å². The van der Waals surface area contributed by atoms with Crippen molar-refractivity contribution in [1.29, 1.82) is 0 Å². The highest BCUT2D eigenvalue weighted by atomic mass is 16.5. The fourth-order valence-electron chi connectivity index (χ4n) is 3.43. The molecule has 0 unspecified atom stereocenters. The van der Waals surface area contributed by atoms with E-state index in [0.29, 0.717) is 31.1 Å². The minimum Gasteiger partial charge on any atom is -0.339 e. The second-order valence-electron chi connectivity index (χ2n) is 7.13. The Hall–Kier alpha value is -2.95. The predicted molar refractivity (Wildman–Crippen MR) is 104 cm³/mol. The smallest absolute Gasteiger partial charge is 0.231 e. The van der Waals surface area contributed by atoms with Gasteiger partial charge in [-0.25, -0.2) is 0 Å². The Morgan fingerprint density at radius 3 is 2.48 bits per heavy atom. The summed E-state index contributed by atoms with van der Waals surface area (Å²) < 4.78 is 5.43. The molecule has 1 aliphatic heterocycles. The molecule has 2 aromatic carbocycles. The summed E-state index contributed by atoms with van der Waals surface area (Å²) in [5, 5.41) is 4.14. The van der Waals surface area contributed by atoms with Crippen molar-refractivity contribution in [1.82, 2.24) is 10.1 Å². The van der Waals surface area contributed by atoms with E-state index in [1.54, 1.807) is 0 Å². The fourth-order valence-corrected chi connectivity index (χ4v) is 3.43. The first kappa shape index (κ1) is 17.5. The molecule has 5 heteroatoms. The highest BCUT2D eigenvalue weighted by Crippen LogP contribution is 2.30. The van der Waals surface area contributed by atoms with Crippen molar-refractivity contribution in [2.45, 2.75) is 39.0 Å². The monoisotopic (exact) mass is 361 g/mol. The van der Waals surface area contributed by atoms with Gasteiger partial charge in [0, 0.05) is 24.6 Å². The minimum absolute atomic E-state index is 0.0288. The molecule has 4 rings (SSSR count). The van der Waals surface area contributed by atoms with Crippen LogP contribution in [0, 0.1) is 6.92 Å². The first-order chi connectivity index (χ1) is 13.1. The summed E-state index contributed by atoms with van der Waals surface area (Å²) in [5.74, 6) is 1.29. The Balaban J connectivity index is 1.45. The molecular weight excluding hydrogens is 338 g/mol. The van der Waals surface area contributed by atoms with Crippen LogP contribution < -0.4 is 4.90 Å². The van der Waals surface area contributed by atoms with E-state index in [9.17, 15) is 4.79 Å². The van der Waals surface area contributed by atoms with Crippen molar-refractivity contribution in [3.8, 4) is 0 Å². The minimum atomic E-state index is -0.0288. The van der Waals surface area contributed by atoms with Gasteiger partial charge in [0.2, 0.25) is 11.8 Å². The Kier molecular flexibility index (Phi) is 4.75. The van der Waals surface area contributed by atoms with Crippen molar-refractivity contribution in [2.75, 3.05) is 11.4 Å². The molecule has 2 heterocycles. The van der Waals surface area contributed by atoms with Crippen LogP contribution in [0.25, 0.3) is 0 Å². The number of benzene rings is 2. The van der Waals surface area contributed by atoms with Gasteiger partial charge in [-0.05, 0) is 36.6 Å². The van der Waals surface area contributed by atoms with Gasteiger partial charge in [-0.2, -0.15) is 4.98 Å². The van der Waals surface area contributed by atoms with E-state index in [1.165, 1.54) is 11.1 Å². The number of carbonyl (C=O) groups is 1. The van der Waals surface area contributed by atoms with Gasteiger partial charge in [0.05, 0.1) is 6.42 Å². The molecule has 0 saturated carbocycles. The highest BCUT2D eigenvalue weighted by molar-refractivity contribution is 5.96.